The molecule has 3 aromatic rings. The second-order valence-corrected chi connectivity index (χ2v) is 5.96. The Hall–Kier alpha value is -3.22. The summed E-state index contributed by atoms with van der Waals surface area (Å²) >= 11 is 0. The lowest BCUT2D eigenvalue weighted by Crippen LogP contribution is -2.30. The molecule has 0 radical (unpaired) electrons. The van der Waals surface area contributed by atoms with E-state index >= 15 is 0 Å². The Morgan fingerprint density at radius 1 is 1.19 bits per heavy atom. The molecule has 0 unspecified atom stereocenters. The Morgan fingerprint density at radius 3 is 2.69 bits per heavy atom. The van der Waals surface area contributed by atoms with Crippen LogP contribution < -0.4 is 10.6 Å². The predicted octanol–water partition coefficient (Wildman–Crippen LogP) is 3.39. The third-order valence-corrected chi connectivity index (χ3v) is 3.84. The molecule has 1 aromatic carbocycles. The Kier molecular flexibility index (Phi) is 5.26. The molecule has 2 heterocycles. The number of hydrogen-bond donors (Lipinski definition) is 2. The number of rotatable bonds is 5. The summed E-state index contributed by atoms with van der Waals surface area (Å²) in [6.45, 7) is 4.16. The summed E-state index contributed by atoms with van der Waals surface area (Å²) < 4.78 is 16.0. The maximum Gasteiger partial charge on any atom is 0.319 e. The molecular formula is C19H20FN5O. The molecular weight excluding hydrogens is 333 g/mol. The van der Waals surface area contributed by atoms with Gasteiger partial charge in [-0.1, -0.05) is 6.07 Å². The summed E-state index contributed by atoms with van der Waals surface area (Å²) in [6, 6.07) is 11.6. The smallest absolute Gasteiger partial charge is 0.319 e. The van der Waals surface area contributed by atoms with Gasteiger partial charge in [-0.3, -0.25) is 4.98 Å². The van der Waals surface area contributed by atoms with Crippen LogP contribution in [0.4, 0.5) is 14.9 Å². The molecule has 0 saturated carbocycles. The van der Waals surface area contributed by atoms with Gasteiger partial charge in [0, 0.05) is 36.2 Å². The zero-order chi connectivity index (χ0) is 18.5. The van der Waals surface area contributed by atoms with E-state index in [0.29, 0.717) is 24.3 Å². The van der Waals surface area contributed by atoms with Gasteiger partial charge in [0.1, 0.15) is 5.69 Å². The van der Waals surface area contributed by atoms with Gasteiger partial charge < -0.3 is 10.6 Å². The van der Waals surface area contributed by atoms with Crippen molar-refractivity contribution in [3.63, 3.8) is 0 Å². The first-order valence-electron chi connectivity index (χ1n) is 8.31. The van der Waals surface area contributed by atoms with Crippen molar-refractivity contribution in [2.45, 2.75) is 20.3 Å². The van der Waals surface area contributed by atoms with E-state index < -0.39 is 5.82 Å². The summed E-state index contributed by atoms with van der Waals surface area (Å²) in [4.78, 5) is 16.1. The number of nitrogens with zero attached hydrogens (tertiary/aromatic N) is 3. The van der Waals surface area contributed by atoms with Crippen molar-refractivity contribution in [3.05, 3.63) is 71.6 Å². The van der Waals surface area contributed by atoms with Gasteiger partial charge in [-0.25, -0.2) is 13.9 Å². The third-order valence-electron chi connectivity index (χ3n) is 3.84. The molecule has 26 heavy (non-hydrogen) atoms. The zero-order valence-electron chi connectivity index (χ0n) is 14.7. The minimum Gasteiger partial charge on any atom is -0.337 e. The first-order chi connectivity index (χ1) is 12.5. The normalized spacial score (nSPS) is 10.6. The average molecular weight is 353 g/mol. The number of carbonyl (C=O) groups excluding carboxylic acids is 1. The van der Waals surface area contributed by atoms with E-state index in [1.807, 2.05) is 38.1 Å². The van der Waals surface area contributed by atoms with Crippen LogP contribution in [0.15, 0.2) is 48.7 Å². The van der Waals surface area contributed by atoms with Gasteiger partial charge in [-0.2, -0.15) is 5.10 Å². The Bertz CT molecular complexity index is 908. The first-order valence-corrected chi connectivity index (χ1v) is 8.31. The lowest BCUT2D eigenvalue weighted by molar-refractivity contribution is 0.252. The summed E-state index contributed by atoms with van der Waals surface area (Å²) in [5.74, 6) is -0.456. The van der Waals surface area contributed by atoms with Crippen molar-refractivity contribution in [3.8, 4) is 5.69 Å². The molecule has 134 valence electrons. The molecule has 0 fully saturated rings. The van der Waals surface area contributed by atoms with Gasteiger partial charge in [0.05, 0.1) is 5.69 Å². The van der Waals surface area contributed by atoms with E-state index in [1.165, 1.54) is 6.07 Å². The van der Waals surface area contributed by atoms with Crippen LogP contribution >= 0.6 is 0 Å². The highest BCUT2D eigenvalue weighted by molar-refractivity contribution is 5.89. The van der Waals surface area contributed by atoms with Crippen LogP contribution in [0, 0.1) is 19.7 Å². The number of amides is 2. The third kappa shape index (κ3) is 4.24. The second-order valence-electron chi connectivity index (χ2n) is 5.96. The van der Waals surface area contributed by atoms with Crippen LogP contribution in [0.2, 0.25) is 0 Å². The number of urea groups is 1. The number of nitrogens with one attached hydrogen (secondary N) is 2. The van der Waals surface area contributed by atoms with Crippen LogP contribution in [-0.4, -0.2) is 27.3 Å². The van der Waals surface area contributed by atoms with Gasteiger partial charge in [0.2, 0.25) is 0 Å². The topological polar surface area (TPSA) is 71.8 Å². The fraction of sp³-hybridized carbons (Fsp3) is 0.211. The molecule has 0 saturated heterocycles. The fourth-order valence-corrected chi connectivity index (χ4v) is 2.65. The highest BCUT2D eigenvalue weighted by Crippen LogP contribution is 2.19. The predicted molar refractivity (Wildman–Crippen MR) is 98.0 cm³/mol. The van der Waals surface area contributed by atoms with Crippen LogP contribution in [0.25, 0.3) is 5.69 Å². The van der Waals surface area contributed by atoms with Gasteiger partial charge in [-0.15, -0.1) is 0 Å². The van der Waals surface area contributed by atoms with Gasteiger partial charge in [0.25, 0.3) is 0 Å². The minimum absolute atomic E-state index is 0.344. The van der Waals surface area contributed by atoms with Crippen molar-refractivity contribution in [2.75, 3.05) is 11.9 Å². The van der Waals surface area contributed by atoms with Gasteiger partial charge >= 0.3 is 6.03 Å². The van der Waals surface area contributed by atoms with Gasteiger partial charge in [-0.05, 0) is 50.2 Å². The minimum atomic E-state index is -0.456. The van der Waals surface area contributed by atoms with Crippen molar-refractivity contribution >= 4 is 11.7 Å². The fourth-order valence-electron chi connectivity index (χ4n) is 2.65. The molecule has 2 amide bonds. The van der Waals surface area contributed by atoms with Crippen molar-refractivity contribution in [1.82, 2.24) is 20.1 Å². The first kappa shape index (κ1) is 17.6. The second kappa shape index (κ2) is 7.77. The Labute approximate surface area is 151 Å². The average Bonchev–Trinajstić information content (AvgIpc) is 2.94. The highest BCUT2D eigenvalue weighted by Gasteiger charge is 2.11. The van der Waals surface area contributed by atoms with Gasteiger partial charge in [0.15, 0.2) is 5.82 Å². The number of aromatic nitrogens is 3. The van der Waals surface area contributed by atoms with E-state index in [2.05, 4.69) is 20.7 Å². The Morgan fingerprint density at radius 2 is 2.04 bits per heavy atom. The maximum absolute atomic E-state index is 14.4. The number of hydrogen-bond acceptors (Lipinski definition) is 3. The van der Waals surface area contributed by atoms with Crippen molar-refractivity contribution < 1.29 is 9.18 Å². The van der Waals surface area contributed by atoms with Crippen molar-refractivity contribution in [1.29, 1.82) is 0 Å². The standard InChI is InChI=1S/C19H20FN5O/c1-13-11-14(2)25(24-13)18-7-6-16(12-17(18)20)23-19(26)22-10-8-15-5-3-4-9-21-15/h3-7,9,11-12H,8,10H2,1-2H3,(H2,22,23,26). The zero-order valence-corrected chi connectivity index (χ0v) is 14.7. The SMILES string of the molecule is Cc1cc(C)n(-c2ccc(NC(=O)NCCc3ccccn3)cc2F)n1. The van der Waals surface area contributed by atoms with Crippen molar-refractivity contribution in [2.24, 2.45) is 0 Å². The quantitative estimate of drug-likeness (QED) is 0.738. The number of aryl methyl sites for hydroxylation is 2. The molecule has 6 nitrogen and oxygen atoms in total. The number of anilines is 1. The molecule has 0 atom stereocenters. The monoisotopic (exact) mass is 353 g/mol. The molecule has 0 aliphatic rings. The molecule has 3 rings (SSSR count). The van der Waals surface area contributed by atoms with E-state index in [4.69, 9.17) is 0 Å². The summed E-state index contributed by atoms with van der Waals surface area (Å²) in [5, 5.41) is 9.63. The summed E-state index contributed by atoms with van der Waals surface area (Å²) in [7, 11) is 0. The summed E-state index contributed by atoms with van der Waals surface area (Å²) in [6.07, 6.45) is 2.34. The lowest BCUT2D eigenvalue weighted by Gasteiger charge is -2.10. The summed E-state index contributed by atoms with van der Waals surface area (Å²) in [5.41, 5.74) is 3.28. The molecule has 7 heteroatoms. The molecule has 0 aliphatic heterocycles. The van der Waals surface area contributed by atoms with Crippen LogP contribution in [0.1, 0.15) is 17.1 Å². The van der Waals surface area contributed by atoms with E-state index in [0.717, 1.165) is 17.1 Å². The Balaban J connectivity index is 1.59. The largest absolute Gasteiger partial charge is 0.337 e. The number of benzene rings is 1. The van der Waals surface area contributed by atoms with E-state index in [-0.39, 0.29) is 6.03 Å². The molecule has 2 N–H and O–H groups in total. The van der Waals surface area contributed by atoms with E-state index in [9.17, 15) is 9.18 Å². The molecule has 0 aliphatic carbocycles. The maximum atomic E-state index is 14.4. The molecule has 2 aromatic heterocycles. The van der Waals surface area contributed by atoms with E-state index in [1.54, 1.807) is 23.0 Å². The van der Waals surface area contributed by atoms with Crippen LogP contribution in [-0.2, 0) is 6.42 Å². The molecule has 0 spiro atoms. The van der Waals surface area contributed by atoms with Crippen LogP contribution in [0.5, 0.6) is 0 Å². The number of carbonyl (C=O) groups is 1. The van der Waals surface area contributed by atoms with Crippen LogP contribution in [0.3, 0.4) is 0 Å². The number of pyridine rings is 1. The molecule has 0 bridgehead atoms. The highest BCUT2D eigenvalue weighted by atomic mass is 19.1. The lowest BCUT2D eigenvalue weighted by atomic mass is 10.2. The number of halogens is 1.